The van der Waals surface area contributed by atoms with E-state index in [9.17, 15) is 4.79 Å². The van der Waals surface area contributed by atoms with Gasteiger partial charge in [-0.2, -0.15) is 0 Å². The Labute approximate surface area is 116 Å². The van der Waals surface area contributed by atoms with Crippen molar-refractivity contribution in [2.24, 2.45) is 5.41 Å². The van der Waals surface area contributed by atoms with Gasteiger partial charge in [0.15, 0.2) is 0 Å². The van der Waals surface area contributed by atoms with E-state index in [1.54, 1.807) is 0 Å². The predicted octanol–water partition coefficient (Wildman–Crippen LogP) is 3.59. The standard InChI is InChI=1S/C16H26N2O/c1-6-9-17-14-8-7-12(2)10-13(14)15(19)18-11-16(3,4)5/h7-8,10,17H,6,9,11H2,1-5H3,(H,18,19). The van der Waals surface area contributed by atoms with Gasteiger partial charge >= 0.3 is 0 Å². The lowest BCUT2D eigenvalue weighted by Crippen LogP contribution is -2.32. The molecule has 0 aliphatic carbocycles. The third-order valence-corrected chi connectivity index (χ3v) is 2.76. The predicted molar refractivity (Wildman–Crippen MR) is 81.7 cm³/mol. The highest BCUT2D eigenvalue weighted by Gasteiger charge is 2.15. The average molecular weight is 262 g/mol. The van der Waals surface area contributed by atoms with Crippen molar-refractivity contribution in [1.29, 1.82) is 0 Å². The molecule has 1 aromatic carbocycles. The zero-order valence-electron chi connectivity index (χ0n) is 12.8. The number of hydrogen-bond donors (Lipinski definition) is 2. The van der Waals surface area contributed by atoms with Gasteiger partial charge in [-0.05, 0) is 30.9 Å². The molecule has 0 aliphatic heterocycles. The molecule has 0 atom stereocenters. The van der Waals surface area contributed by atoms with Crippen LogP contribution in [0.4, 0.5) is 5.69 Å². The maximum Gasteiger partial charge on any atom is 0.253 e. The van der Waals surface area contributed by atoms with Gasteiger partial charge in [0.1, 0.15) is 0 Å². The van der Waals surface area contributed by atoms with Gasteiger partial charge in [0, 0.05) is 18.8 Å². The number of benzene rings is 1. The number of amides is 1. The van der Waals surface area contributed by atoms with Gasteiger partial charge < -0.3 is 10.6 Å². The molecule has 0 bridgehead atoms. The normalized spacial score (nSPS) is 11.2. The average Bonchev–Trinajstić information content (AvgIpc) is 2.33. The van der Waals surface area contributed by atoms with Crippen molar-refractivity contribution in [2.75, 3.05) is 18.4 Å². The van der Waals surface area contributed by atoms with E-state index in [1.165, 1.54) is 0 Å². The minimum atomic E-state index is -0.00257. The van der Waals surface area contributed by atoms with Crippen LogP contribution in [0.15, 0.2) is 18.2 Å². The molecule has 1 amide bonds. The second-order valence-corrected chi connectivity index (χ2v) is 6.22. The highest BCUT2D eigenvalue weighted by molar-refractivity contribution is 5.99. The van der Waals surface area contributed by atoms with Crippen molar-refractivity contribution < 1.29 is 4.79 Å². The van der Waals surface area contributed by atoms with Gasteiger partial charge in [-0.1, -0.05) is 39.3 Å². The maximum absolute atomic E-state index is 12.3. The lowest BCUT2D eigenvalue weighted by molar-refractivity contribution is 0.0940. The van der Waals surface area contributed by atoms with Crippen molar-refractivity contribution >= 4 is 11.6 Å². The summed E-state index contributed by atoms with van der Waals surface area (Å²) in [5, 5.41) is 6.31. The topological polar surface area (TPSA) is 41.1 Å². The Hall–Kier alpha value is -1.51. The minimum absolute atomic E-state index is 0.00257. The first-order valence-corrected chi connectivity index (χ1v) is 6.96. The summed E-state index contributed by atoms with van der Waals surface area (Å²) in [5.74, 6) is -0.00257. The number of carbonyl (C=O) groups is 1. The largest absolute Gasteiger partial charge is 0.384 e. The summed E-state index contributed by atoms with van der Waals surface area (Å²) < 4.78 is 0. The molecule has 0 aliphatic rings. The van der Waals surface area contributed by atoms with Gasteiger partial charge in [0.05, 0.1) is 5.56 Å². The Morgan fingerprint density at radius 2 is 1.95 bits per heavy atom. The summed E-state index contributed by atoms with van der Waals surface area (Å²) >= 11 is 0. The van der Waals surface area contributed by atoms with Crippen LogP contribution in [-0.4, -0.2) is 19.0 Å². The summed E-state index contributed by atoms with van der Waals surface area (Å²) in [5.41, 5.74) is 2.84. The van der Waals surface area contributed by atoms with Gasteiger partial charge in [-0.3, -0.25) is 4.79 Å². The van der Waals surface area contributed by atoms with E-state index in [2.05, 4.69) is 38.3 Å². The first kappa shape index (κ1) is 15.5. The Morgan fingerprint density at radius 1 is 1.26 bits per heavy atom. The summed E-state index contributed by atoms with van der Waals surface area (Å²) in [4.78, 5) is 12.3. The molecule has 0 heterocycles. The fourth-order valence-corrected chi connectivity index (χ4v) is 1.70. The van der Waals surface area contributed by atoms with E-state index < -0.39 is 0 Å². The summed E-state index contributed by atoms with van der Waals surface area (Å²) in [7, 11) is 0. The van der Waals surface area contributed by atoms with Crippen LogP contribution in [0.2, 0.25) is 0 Å². The third kappa shape index (κ3) is 5.33. The first-order valence-electron chi connectivity index (χ1n) is 6.96. The van der Waals surface area contributed by atoms with Crippen LogP contribution >= 0.6 is 0 Å². The van der Waals surface area contributed by atoms with Crippen molar-refractivity contribution in [1.82, 2.24) is 5.32 Å². The van der Waals surface area contributed by atoms with E-state index in [4.69, 9.17) is 0 Å². The maximum atomic E-state index is 12.3. The van der Waals surface area contributed by atoms with Gasteiger partial charge in [-0.25, -0.2) is 0 Å². The van der Waals surface area contributed by atoms with E-state index in [-0.39, 0.29) is 11.3 Å². The molecule has 19 heavy (non-hydrogen) atoms. The van der Waals surface area contributed by atoms with E-state index in [0.29, 0.717) is 6.54 Å². The zero-order valence-corrected chi connectivity index (χ0v) is 12.8. The summed E-state index contributed by atoms with van der Waals surface area (Å²) in [6.45, 7) is 12.0. The van der Waals surface area contributed by atoms with Crippen LogP contribution in [0.3, 0.4) is 0 Å². The Morgan fingerprint density at radius 3 is 2.53 bits per heavy atom. The van der Waals surface area contributed by atoms with Gasteiger partial charge in [-0.15, -0.1) is 0 Å². The molecule has 0 saturated heterocycles. The molecular weight excluding hydrogens is 236 g/mol. The minimum Gasteiger partial charge on any atom is -0.384 e. The second kappa shape index (κ2) is 6.60. The van der Waals surface area contributed by atoms with Gasteiger partial charge in [0.2, 0.25) is 0 Å². The van der Waals surface area contributed by atoms with E-state index >= 15 is 0 Å². The highest BCUT2D eigenvalue weighted by Crippen LogP contribution is 2.18. The lowest BCUT2D eigenvalue weighted by Gasteiger charge is -2.20. The van der Waals surface area contributed by atoms with Crippen LogP contribution in [0.1, 0.15) is 50.0 Å². The molecular formula is C16H26N2O. The van der Waals surface area contributed by atoms with Gasteiger partial charge in [0.25, 0.3) is 5.91 Å². The number of anilines is 1. The second-order valence-electron chi connectivity index (χ2n) is 6.22. The van der Waals surface area contributed by atoms with E-state index in [1.807, 2.05) is 25.1 Å². The molecule has 0 unspecified atom stereocenters. The molecule has 0 spiro atoms. The number of aryl methyl sites for hydroxylation is 1. The summed E-state index contributed by atoms with van der Waals surface area (Å²) in [6, 6.07) is 5.95. The number of nitrogens with one attached hydrogen (secondary N) is 2. The molecule has 3 heteroatoms. The van der Waals surface area contributed by atoms with Crippen LogP contribution in [0.25, 0.3) is 0 Å². The molecule has 1 aromatic rings. The molecule has 106 valence electrons. The number of hydrogen-bond acceptors (Lipinski definition) is 2. The van der Waals surface area contributed by atoms with Crippen LogP contribution in [0.5, 0.6) is 0 Å². The van der Waals surface area contributed by atoms with Crippen molar-refractivity contribution in [3.63, 3.8) is 0 Å². The Bertz CT molecular complexity index is 433. The van der Waals surface area contributed by atoms with Crippen molar-refractivity contribution in [3.8, 4) is 0 Å². The van der Waals surface area contributed by atoms with Crippen LogP contribution in [-0.2, 0) is 0 Å². The Kier molecular flexibility index (Phi) is 5.40. The number of rotatable bonds is 5. The third-order valence-electron chi connectivity index (χ3n) is 2.76. The first-order chi connectivity index (χ1) is 8.83. The fraction of sp³-hybridized carbons (Fsp3) is 0.562. The zero-order chi connectivity index (χ0) is 14.5. The van der Waals surface area contributed by atoms with Crippen LogP contribution < -0.4 is 10.6 Å². The Balaban J connectivity index is 2.84. The summed E-state index contributed by atoms with van der Waals surface area (Å²) in [6.07, 6.45) is 1.04. The molecule has 0 saturated carbocycles. The molecule has 0 radical (unpaired) electrons. The molecule has 1 rings (SSSR count). The van der Waals surface area contributed by atoms with Crippen molar-refractivity contribution in [3.05, 3.63) is 29.3 Å². The quantitative estimate of drug-likeness (QED) is 0.851. The van der Waals surface area contributed by atoms with Crippen molar-refractivity contribution in [2.45, 2.75) is 41.0 Å². The van der Waals surface area contributed by atoms with Crippen LogP contribution in [0, 0.1) is 12.3 Å². The molecule has 3 nitrogen and oxygen atoms in total. The molecule has 2 N–H and O–H groups in total. The number of carbonyl (C=O) groups excluding carboxylic acids is 1. The monoisotopic (exact) mass is 262 g/mol. The van der Waals surface area contributed by atoms with E-state index in [0.717, 1.165) is 29.8 Å². The molecule has 0 aromatic heterocycles. The highest BCUT2D eigenvalue weighted by atomic mass is 16.1. The SMILES string of the molecule is CCCNc1ccc(C)cc1C(=O)NCC(C)(C)C. The lowest BCUT2D eigenvalue weighted by atomic mass is 9.97. The molecule has 0 fully saturated rings. The smallest absolute Gasteiger partial charge is 0.253 e. The fourth-order valence-electron chi connectivity index (χ4n) is 1.70.